The number of hydrogen-bond acceptors (Lipinski definition) is 6. The molecule has 0 spiro atoms. The molecule has 3 N–H and O–H groups in total. The minimum absolute atomic E-state index is 0.0810. The van der Waals surface area contributed by atoms with Gasteiger partial charge in [0.25, 0.3) is 11.8 Å². The molecule has 0 aliphatic heterocycles. The average Bonchev–Trinajstić information content (AvgIpc) is 2.72. The minimum Gasteiger partial charge on any atom is -0.490 e. The molecule has 0 aromatic heterocycles. The normalized spacial score (nSPS) is 10.2. The van der Waals surface area contributed by atoms with E-state index in [1.54, 1.807) is 43.5 Å². The smallest absolute Gasteiger partial charge is 0.276 e. The number of thiocarbonyl (C=S) groups is 1. The Bertz CT molecular complexity index is 964. The summed E-state index contributed by atoms with van der Waals surface area (Å²) in [4.78, 5) is 24.2. The van der Waals surface area contributed by atoms with E-state index in [1.165, 1.54) is 0 Å². The average molecular weight is 596 g/mol. The first-order valence-corrected chi connectivity index (χ1v) is 11.1. The maximum atomic E-state index is 12.3. The van der Waals surface area contributed by atoms with Gasteiger partial charge in [-0.3, -0.25) is 25.8 Å². The molecule has 0 radical (unpaired) electrons. The summed E-state index contributed by atoms with van der Waals surface area (Å²) in [6.45, 7) is 0.552. The van der Waals surface area contributed by atoms with Crippen molar-refractivity contribution in [3.8, 4) is 11.5 Å². The Balaban J connectivity index is 1.77. The molecule has 8 nitrogen and oxygen atoms in total. The van der Waals surface area contributed by atoms with Gasteiger partial charge < -0.3 is 14.2 Å². The monoisotopic (exact) mass is 593 g/mol. The summed E-state index contributed by atoms with van der Waals surface area (Å²) in [6, 6.07) is 9.74. The molecule has 31 heavy (non-hydrogen) atoms. The highest BCUT2D eigenvalue weighted by Crippen LogP contribution is 2.28. The lowest BCUT2D eigenvalue weighted by Crippen LogP contribution is -2.49. The number of hydrazine groups is 1. The Kier molecular flexibility index (Phi) is 10.5. The first-order valence-electron chi connectivity index (χ1n) is 8.69. The fraction of sp³-hybridized carbons (Fsp3) is 0.211. The fourth-order valence-electron chi connectivity index (χ4n) is 2.10. The third-order valence-electron chi connectivity index (χ3n) is 3.53. The molecule has 166 valence electrons. The lowest BCUT2D eigenvalue weighted by atomic mass is 10.2. The number of carbonyl (C=O) groups excluding carboxylic acids is 2. The zero-order valence-electron chi connectivity index (χ0n) is 16.2. The van der Waals surface area contributed by atoms with E-state index < -0.39 is 11.8 Å². The Labute approximate surface area is 206 Å². The highest BCUT2D eigenvalue weighted by atomic mass is 79.9. The van der Waals surface area contributed by atoms with Crippen LogP contribution in [0, 0.1) is 0 Å². The SMILES string of the molecule is COCCOc1ccc(C(=O)NC(=S)NNC(=O)COc2ccc(Cl)cc2Br)cc1Br. The van der Waals surface area contributed by atoms with E-state index in [0.717, 1.165) is 0 Å². The van der Waals surface area contributed by atoms with Gasteiger partial charge in [0.2, 0.25) is 0 Å². The van der Waals surface area contributed by atoms with E-state index >= 15 is 0 Å². The van der Waals surface area contributed by atoms with Crippen molar-refractivity contribution < 1.29 is 23.8 Å². The van der Waals surface area contributed by atoms with Gasteiger partial charge in [-0.2, -0.15) is 0 Å². The van der Waals surface area contributed by atoms with E-state index in [2.05, 4.69) is 48.0 Å². The molecule has 0 aliphatic carbocycles. The molecule has 0 unspecified atom stereocenters. The number of ether oxygens (including phenoxy) is 3. The van der Waals surface area contributed by atoms with E-state index in [0.29, 0.717) is 44.2 Å². The van der Waals surface area contributed by atoms with E-state index in [-0.39, 0.29) is 11.7 Å². The number of methoxy groups -OCH3 is 1. The second kappa shape index (κ2) is 12.8. The van der Waals surface area contributed by atoms with Gasteiger partial charge in [0.1, 0.15) is 18.1 Å². The lowest BCUT2D eigenvalue weighted by Gasteiger charge is -2.13. The van der Waals surface area contributed by atoms with E-state index in [9.17, 15) is 9.59 Å². The van der Waals surface area contributed by atoms with Crippen molar-refractivity contribution in [1.29, 1.82) is 0 Å². The van der Waals surface area contributed by atoms with Crippen molar-refractivity contribution in [2.24, 2.45) is 0 Å². The Morgan fingerprint density at radius 1 is 1.00 bits per heavy atom. The third-order valence-corrected chi connectivity index (χ3v) is 5.21. The summed E-state index contributed by atoms with van der Waals surface area (Å²) in [5, 5.41) is 2.91. The Hall–Kier alpha value is -1.92. The first-order chi connectivity index (χ1) is 14.8. The summed E-state index contributed by atoms with van der Waals surface area (Å²) in [6.07, 6.45) is 0. The number of halogens is 3. The number of benzene rings is 2. The van der Waals surface area contributed by atoms with Crippen LogP contribution in [0.5, 0.6) is 11.5 Å². The highest BCUT2D eigenvalue weighted by Gasteiger charge is 2.12. The first kappa shape index (κ1) is 25.3. The van der Waals surface area contributed by atoms with Gasteiger partial charge in [0, 0.05) is 17.7 Å². The van der Waals surface area contributed by atoms with Crippen LogP contribution in [0.15, 0.2) is 45.3 Å². The van der Waals surface area contributed by atoms with Crippen LogP contribution in [0.2, 0.25) is 5.02 Å². The van der Waals surface area contributed by atoms with Gasteiger partial charge in [0.15, 0.2) is 11.7 Å². The van der Waals surface area contributed by atoms with Gasteiger partial charge >= 0.3 is 0 Å². The standard InChI is InChI=1S/C19H18Br2ClN3O5S/c1-28-6-7-29-15-4-2-11(8-13(15)20)18(27)23-19(31)25-24-17(26)10-30-16-5-3-12(22)9-14(16)21/h2-5,8-9H,6-7,10H2,1H3,(H,24,26)(H2,23,25,27,31). The summed E-state index contributed by atoms with van der Waals surface area (Å²) >= 11 is 17.5. The maximum absolute atomic E-state index is 12.3. The summed E-state index contributed by atoms with van der Waals surface area (Å²) < 4.78 is 17.0. The highest BCUT2D eigenvalue weighted by molar-refractivity contribution is 9.10. The fourth-order valence-corrected chi connectivity index (χ4v) is 3.53. The molecule has 12 heteroatoms. The molecule has 2 rings (SSSR count). The van der Waals surface area contributed by atoms with Gasteiger partial charge in [-0.1, -0.05) is 11.6 Å². The van der Waals surface area contributed by atoms with E-state index in [4.69, 9.17) is 38.0 Å². The van der Waals surface area contributed by atoms with Crippen molar-refractivity contribution in [3.63, 3.8) is 0 Å². The number of amides is 2. The van der Waals surface area contributed by atoms with Crippen LogP contribution >= 0.6 is 55.7 Å². The van der Waals surface area contributed by atoms with Crippen molar-refractivity contribution in [3.05, 3.63) is 55.9 Å². The van der Waals surface area contributed by atoms with Gasteiger partial charge in [0.05, 0.1) is 15.6 Å². The molecular weight excluding hydrogens is 578 g/mol. The molecule has 0 atom stereocenters. The molecule has 0 saturated carbocycles. The number of rotatable bonds is 8. The third kappa shape index (κ3) is 8.62. The number of hydrogen-bond donors (Lipinski definition) is 3. The van der Waals surface area contributed by atoms with Crippen molar-refractivity contribution in [2.45, 2.75) is 0 Å². The number of nitrogens with one attached hydrogen (secondary N) is 3. The summed E-state index contributed by atoms with van der Waals surface area (Å²) in [5.41, 5.74) is 5.12. The second-order valence-electron chi connectivity index (χ2n) is 5.81. The molecule has 0 bridgehead atoms. The largest absolute Gasteiger partial charge is 0.490 e. The Morgan fingerprint density at radius 2 is 1.68 bits per heavy atom. The van der Waals surface area contributed by atoms with Crippen LogP contribution in [-0.2, 0) is 9.53 Å². The molecule has 2 aromatic carbocycles. The zero-order chi connectivity index (χ0) is 22.8. The van der Waals surface area contributed by atoms with Gasteiger partial charge in [-0.15, -0.1) is 0 Å². The predicted molar refractivity (Wildman–Crippen MR) is 128 cm³/mol. The minimum atomic E-state index is -0.501. The number of carbonyl (C=O) groups is 2. The van der Waals surface area contributed by atoms with Crippen LogP contribution in [0.3, 0.4) is 0 Å². The van der Waals surface area contributed by atoms with Crippen molar-refractivity contribution in [1.82, 2.24) is 16.2 Å². The van der Waals surface area contributed by atoms with Crippen LogP contribution in [0.25, 0.3) is 0 Å². The molecular formula is C19H18Br2ClN3O5S. The summed E-state index contributed by atoms with van der Waals surface area (Å²) in [7, 11) is 1.58. The lowest BCUT2D eigenvalue weighted by molar-refractivity contribution is -0.123. The van der Waals surface area contributed by atoms with Crippen LogP contribution < -0.4 is 25.6 Å². The van der Waals surface area contributed by atoms with Crippen molar-refractivity contribution >= 4 is 72.6 Å². The molecule has 0 heterocycles. The molecule has 2 amide bonds. The quantitative estimate of drug-likeness (QED) is 0.244. The maximum Gasteiger partial charge on any atom is 0.276 e. The molecule has 2 aromatic rings. The van der Waals surface area contributed by atoms with Crippen LogP contribution in [0.1, 0.15) is 10.4 Å². The van der Waals surface area contributed by atoms with Crippen LogP contribution in [-0.4, -0.2) is 43.9 Å². The van der Waals surface area contributed by atoms with Gasteiger partial charge in [-0.05, 0) is 80.5 Å². The molecule has 0 aliphatic rings. The zero-order valence-corrected chi connectivity index (χ0v) is 20.9. The topological polar surface area (TPSA) is 97.9 Å². The second-order valence-corrected chi connectivity index (χ2v) is 8.36. The van der Waals surface area contributed by atoms with Gasteiger partial charge in [-0.25, -0.2) is 0 Å². The summed E-state index contributed by atoms with van der Waals surface area (Å²) in [5.74, 6) is 0.0699. The molecule has 0 fully saturated rings. The van der Waals surface area contributed by atoms with E-state index in [1.807, 2.05) is 0 Å². The van der Waals surface area contributed by atoms with Crippen molar-refractivity contribution in [2.75, 3.05) is 26.9 Å². The Morgan fingerprint density at radius 3 is 2.35 bits per heavy atom. The predicted octanol–water partition coefficient (Wildman–Crippen LogP) is 3.60. The molecule has 0 saturated heterocycles. The van der Waals surface area contributed by atoms with Crippen LogP contribution in [0.4, 0.5) is 0 Å².